The van der Waals surface area contributed by atoms with Gasteiger partial charge in [-0.25, -0.2) is 0 Å². The highest BCUT2D eigenvalue weighted by Gasteiger charge is 2.02. The summed E-state index contributed by atoms with van der Waals surface area (Å²) in [5, 5.41) is 12.8. The van der Waals surface area contributed by atoms with E-state index in [9.17, 15) is 0 Å². The monoisotopic (exact) mass is 243 g/mol. The minimum atomic E-state index is 0.587. The van der Waals surface area contributed by atoms with Crippen molar-refractivity contribution in [3.8, 4) is 6.07 Å². The zero-order chi connectivity index (χ0) is 12.1. The number of rotatable bonds is 3. The fourth-order valence-corrected chi connectivity index (χ4v) is 1.63. The number of nitrogens with one attached hydrogen (secondary N) is 1. The molecule has 0 aliphatic heterocycles. The third kappa shape index (κ3) is 2.96. The molecule has 84 valence electrons. The van der Waals surface area contributed by atoms with Crippen LogP contribution in [0, 0.1) is 11.3 Å². The second-order valence-corrected chi connectivity index (χ2v) is 3.95. The number of aromatic nitrogens is 1. The lowest BCUT2D eigenvalue weighted by Gasteiger charge is -2.08. The van der Waals surface area contributed by atoms with Crippen LogP contribution in [0.15, 0.2) is 42.7 Å². The van der Waals surface area contributed by atoms with Gasteiger partial charge >= 0.3 is 0 Å². The molecule has 1 N–H and O–H groups in total. The maximum absolute atomic E-state index is 8.96. The predicted octanol–water partition coefficient (Wildman–Crippen LogP) is 3.22. The zero-order valence-electron chi connectivity index (χ0n) is 9.02. The van der Waals surface area contributed by atoms with Crippen molar-refractivity contribution in [3.05, 3.63) is 58.9 Å². The van der Waals surface area contributed by atoms with Gasteiger partial charge in [0, 0.05) is 24.0 Å². The molecule has 0 saturated heterocycles. The van der Waals surface area contributed by atoms with E-state index in [0.29, 0.717) is 17.1 Å². The fourth-order valence-electron chi connectivity index (χ4n) is 1.46. The molecule has 2 aromatic rings. The Morgan fingerprint density at radius 1 is 1.24 bits per heavy atom. The molecule has 0 bridgehead atoms. The van der Waals surface area contributed by atoms with Crippen LogP contribution in [-0.4, -0.2) is 4.98 Å². The lowest BCUT2D eigenvalue weighted by molar-refractivity contribution is 1.12. The van der Waals surface area contributed by atoms with E-state index in [1.54, 1.807) is 30.6 Å². The van der Waals surface area contributed by atoms with Gasteiger partial charge < -0.3 is 5.32 Å². The molecular formula is C13H10ClN3. The van der Waals surface area contributed by atoms with E-state index in [1.165, 1.54) is 0 Å². The van der Waals surface area contributed by atoms with Gasteiger partial charge in [-0.1, -0.05) is 11.6 Å². The normalized spacial score (nSPS) is 9.65. The van der Waals surface area contributed by atoms with Crippen LogP contribution in [0.3, 0.4) is 0 Å². The Balaban J connectivity index is 2.14. The van der Waals surface area contributed by atoms with Crippen LogP contribution < -0.4 is 5.32 Å². The molecule has 1 aromatic heterocycles. The van der Waals surface area contributed by atoms with Crippen LogP contribution in [0.4, 0.5) is 5.69 Å². The third-order valence-corrected chi connectivity index (χ3v) is 2.57. The first-order valence-corrected chi connectivity index (χ1v) is 5.50. The van der Waals surface area contributed by atoms with E-state index in [0.717, 1.165) is 11.3 Å². The first-order valence-electron chi connectivity index (χ1n) is 5.12. The van der Waals surface area contributed by atoms with Gasteiger partial charge in [-0.15, -0.1) is 0 Å². The molecule has 4 heteroatoms. The van der Waals surface area contributed by atoms with Crippen molar-refractivity contribution in [1.82, 2.24) is 4.98 Å². The van der Waals surface area contributed by atoms with E-state index < -0.39 is 0 Å². The molecule has 0 amide bonds. The highest BCUT2D eigenvalue weighted by Crippen LogP contribution is 2.20. The summed E-state index contributed by atoms with van der Waals surface area (Å²) < 4.78 is 0. The second kappa shape index (κ2) is 5.33. The van der Waals surface area contributed by atoms with E-state index in [2.05, 4.69) is 16.4 Å². The minimum Gasteiger partial charge on any atom is -0.380 e. The van der Waals surface area contributed by atoms with Crippen LogP contribution in [0.2, 0.25) is 5.02 Å². The molecule has 17 heavy (non-hydrogen) atoms. The summed E-state index contributed by atoms with van der Waals surface area (Å²) in [4.78, 5) is 3.95. The van der Waals surface area contributed by atoms with Crippen LogP contribution in [0.25, 0.3) is 0 Å². The van der Waals surface area contributed by atoms with Crippen LogP contribution in [0.1, 0.15) is 11.1 Å². The molecule has 1 aromatic carbocycles. The second-order valence-electron chi connectivity index (χ2n) is 3.51. The number of pyridine rings is 1. The number of halogens is 1. The number of hydrogen-bond donors (Lipinski definition) is 1. The van der Waals surface area contributed by atoms with Gasteiger partial charge in [0.1, 0.15) is 6.07 Å². The molecule has 0 radical (unpaired) electrons. The van der Waals surface area contributed by atoms with Gasteiger partial charge in [-0.2, -0.15) is 5.26 Å². The van der Waals surface area contributed by atoms with Crippen molar-refractivity contribution in [2.45, 2.75) is 6.54 Å². The topological polar surface area (TPSA) is 48.7 Å². The SMILES string of the molecule is N#Cc1ccc(Cl)cc1NCc1ccncc1. The number of anilines is 1. The highest BCUT2D eigenvalue weighted by molar-refractivity contribution is 6.30. The van der Waals surface area contributed by atoms with Crippen molar-refractivity contribution in [2.24, 2.45) is 0 Å². The first-order chi connectivity index (χ1) is 8.29. The molecule has 0 aliphatic rings. The predicted molar refractivity (Wildman–Crippen MR) is 67.7 cm³/mol. The lowest BCUT2D eigenvalue weighted by atomic mass is 10.2. The molecule has 0 fully saturated rings. The van der Waals surface area contributed by atoms with E-state index >= 15 is 0 Å². The number of benzene rings is 1. The molecule has 1 heterocycles. The molecule has 0 unspecified atom stereocenters. The Labute approximate surface area is 105 Å². The third-order valence-electron chi connectivity index (χ3n) is 2.33. The van der Waals surface area contributed by atoms with E-state index in [4.69, 9.17) is 16.9 Å². The first kappa shape index (κ1) is 11.4. The van der Waals surface area contributed by atoms with Gasteiger partial charge in [-0.3, -0.25) is 4.98 Å². The van der Waals surface area contributed by atoms with Gasteiger partial charge in [0.25, 0.3) is 0 Å². The summed E-state index contributed by atoms with van der Waals surface area (Å²) in [5.74, 6) is 0. The minimum absolute atomic E-state index is 0.587. The van der Waals surface area contributed by atoms with Gasteiger partial charge in [0.05, 0.1) is 11.3 Å². The van der Waals surface area contributed by atoms with Crippen LogP contribution in [-0.2, 0) is 6.54 Å². The largest absolute Gasteiger partial charge is 0.380 e. The standard InChI is InChI=1S/C13H10ClN3/c14-12-2-1-11(8-15)13(7-12)17-9-10-3-5-16-6-4-10/h1-7,17H,9H2. The van der Waals surface area contributed by atoms with Crippen molar-refractivity contribution in [3.63, 3.8) is 0 Å². The van der Waals surface area contributed by atoms with Gasteiger partial charge in [-0.05, 0) is 35.9 Å². The molecule has 2 rings (SSSR count). The molecule has 3 nitrogen and oxygen atoms in total. The molecular weight excluding hydrogens is 234 g/mol. The smallest absolute Gasteiger partial charge is 0.101 e. The highest BCUT2D eigenvalue weighted by atomic mass is 35.5. The zero-order valence-corrected chi connectivity index (χ0v) is 9.78. The van der Waals surface area contributed by atoms with Gasteiger partial charge in [0.15, 0.2) is 0 Å². The molecule has 0 saturated carbocycles. The quantitative estimate of drug-likeness (QED) is 0.901. The Kier molecular flexibility index (Phi) is 3.59. The summed E-state index contributed by atoms with van der Waals surface area (Å²) in [7, 11) is 0. The average Bonchev–Trinajstić information content (AvgIpc) is 2.38. The Hall–Kier alpha value is -2.05. The number of nitriles is 1. The summed E-state index contributed by atoms with van der Waals surface area (Å²) >= 11 is 5.90. The van der Waals surface area contributed by atoms with Crippen molar-refractivity contribution in [1.29, 1.82) is 5.26 Å². The summed E-state index contributed by atoms with van der Waals surface area (Å²) in [6.07, 6.45) is 3.47. The Morgan fingerprint density at radius 3 is 2.71 bits per heavy atom. The maximum Gasteiger partial charge on any atom is 0.101 e. The Morgan fingerprint density at radius 2 is 2.00 bits per heavy atom. The number of hydrogen-bond acceptors (Lipinski definition) is 3. The van der Waals surface area contributed by atoms with E-state index in [-0.39, 0.29) is 0 Å². The van der Waals surface area contributed by atoms with Crippen molar-refractivity contribution >= 4 is 17.3 Å². The van der Waals surface area contributed by atoms with Crippen LogP contribution >= 0.6 is 11.6 Å². The molecule has 0 atom stereocenters. The average molecular weight is 244 g/mol. The summed E-state index contributed by atoms with van der Waals surface area (Å²) in [6, 6.07) is 11.1. The van der Waals surface area contributed by atoms with Crippen molar-refractivity contribution < 1.29 is 0 Å². The summed E-state index contributed by atoms with van der Waals surface area (Å²) in [5.41, 5.74) is 2.43. The van der Waals surface area contributed by atoms with Gasteiger partial charge in [0.2, 0.25) is 0 Å². The van der Waals surface area contributed by atoms with Crippen molar-refractivity contribution in [2.75, 3.05) is 5.32 Å². The van der Waals surface area contributed by atoms with Crippen LogP contribution in [0.5, 0.6) is 0 Å². The Bertz CT molecular complexity index is 546. The fraction of sp³-hybridized carbons (Fsp3) is 0.0769. The molecule has 0 spiro atoms. The lowest BCUT2D eigenvalue weighted by Crippen LogP contribution is -2.01. The maximum atomic E-state index is 8.96. The van der Waals surface area contributed by atoms with E-state index in [1.807, 2.05) is 12.1 Å². The molecule has 0 aliphatic carbocycles. The summed E-state index contributed by atoms with van der Waals surface area (Å²) in [6.45, 7) is 0.636. The number of nitrogens with zero attached hydrogens (tertiary/aromatic N) is 2.